The summed E-state index contributed by atoms with van der Waals surface area (Å²) in [6, 6.07) is 7.47. The largest absolute Gasteiger partial charge is 0.480 e. The predicted molar refractivity (Wildman–Crippen MR) is 109 cm³/mol. The number of methoxy groups -OCH3 is 1. The van der Waals surface area contributed by atoms with E-state index in [0.717, 1.165) is 40.7 Å². The van der Waals surface area contributed by atoms with E-state index in [1.807, 2.05) is 37.2 Å². The molecule has 4 rings (SSSR count). The van der Waals surface area contributed by atoms with Crippen molar-refractivity contribution in [1.82, 2.24) is 15.4 Å². The Kier molecular flexibility index (Phi) is 4.87. The molecule has 7 nitrogen and oxygen atoms in total. The van der Waals surface area contributed by atoms with E-state index >= 15 is 0 Å². The third-order valence-electron chi connectivity index (χ3n) is 4.64. The Balaban J connectivity index is 1.76. The minimum absolute atomic E-state index is 0.129. The van der Waals surface area contributed by atoms with Crippen molar-refractivity contribution in [3.8, 4) is 17.0 Å². The van der Waals surface area contributed by atoms with Crippen LogP contribution in [0.3, 0.4) is 0 Å². The number of rotatable bonds is 6. The summed E-state index contributed by atoms with van der Waals surface area (Å²) < 4.78 is 5.49. The second kappa shape index (κ2) is 7.33. The second-order valence-corrected chi connectivity index (χ2v) is 7.36. The van der Waals surface area contributed by atoms with Crippen molar-refractivity contribution in [2.75, 3.05) is 26.1 Å². The number of benzene rings is 1. The Morgan fingerprint density at radius 2 is 2.07 bits per heavy atom. The summed E-state index contributed by atoms with van der Waals surface area (Å²) in [7, 11) is 5.39. The Labute approximate surface area is 167 Å². The van der Waals surface area contributed by atoms with E-state index in [0.29, 0.717) is 16.5 Å². The zero-order valence-electron chi connectivity index (χ0n) is 15.9. The number of pyridine rings is 1. The number of aromatic amines is 1. The smallest absolute Gasteiger partial charge is 0.277 e. The van der Waals surface area contributed by atoms with E-state index in [2.05, 4.69) is 15.4 Å². The molecule has 0 spiro atoms. The number of hydroxylamine groups is 1. The molecule has 1 aliphatic rings. The Hall–Kier alpha value is -2.77. The number of nitrogens with zero attached hydrogens (tertiary/aromatic N) is 2. The molecule has 0 bridgehead atoms. The zero-order chi connectivity index (χ0) is 19.8. The predicted octanol–water partition coefficient (Wildman–Crippen LogP) is 3.78. The molecule has 0 saturated heterocycles. The van der Waals surface area contributed by atoms with Crippen molar-refractivity contribution in [3.05, 3.63) is 41.0 Å². The highest BCUT2D eigenvalue weighted by atomic mass is 35.5. The molecule has 3 aromatic rings. The van der Waals surface area contributed by atoms with Gasteiger partial charge in [0.1, 0.15) is 5.82 Å². The summed E-state index contributed by atoms with van der Waals surface area (Å²) in [6.45, 7) is 0. The first-order valence-electron chi connectivity index (χ1n) is 8.97. The van der Waals surface area contributed by atoms with Gasteiger partial charge in [-0.3, -0.25) is 9.63 Å². The van der Waals surface area contributed by atoms with Crippen molar-refractivity contribution < 1.29 is 14.4 Å². The summed E-state index contributed by atoms with van der Waals surface area (Å²) in [4.78, 5) is 27.3. The van der Waals surface area contributed by atoms with E-state index in [1.165, 1.54) is 0 Å². The average Bonchev–Trinajstić information content (AvgIpc) is 3.43. The van der Waals surface area contributed by atoms with Crippen molar-refractivity contribution in [2.24, 2.45) is 0 Å². The zero-order valence-corrected chi connectivity index (χ0v) is 16.6. The van der Waals surface area contributed by atoms with Crippen LogP contribution in [0.15, 0.2) is 30.5 Å². The molecule has 1 amide bonds. The van der Waals surface area contributed by atoms with Crippen molar-refractivity contribution in [2.45, 2.75) is 18.9 Å². The Morgan fingerprint density at radius 1 is 1.29 bits per heavy atom. The van der Waals surface area contributed by atoms with Crippen LogP contribution in [0.4, 0.5) is 5.82 Å². The number of halogens is 1. The maximum Gasteiger partial charge on any atom is 0.277 e. The number of carbonyl (C=O) groups excluding carboxylic acids is 1. The molecule has 1 aliphatic carbocycles. The molecule has 2 aromatic heterocycles. The normalized spacial score (nSPS) is 13.6. The number of amides is 1. The van der Waals surface area contributed by atoms with Gasteiger partial charge in [-0.25, -0.2) is 5.48 Å². The molecule has 0 unspecified atom stereocenters. The third kappa shape index (κ3) is 3.50. The molecule has 146 valence electrons. The number of hydrogen-bond acceptors (Lipinski definition) is 5. The van der Waals surface area contributed by atoms with Crippen LogP contribution in [-0.2, 0) is 4.84 Å². The van der Waals surface area contributed by atoms with Gasteiger partial charge in [0.2, 0.25) is 5.88 Å². The van der Waals surface area contributed by atoms with Crippen molar-refractivity contribution in [3.63, 3.8) is 0 Å². The van der Waals surface area contributed by atoms with Crippen LogP contribution in [0.25, 0.3) is 22.0 Å². The van der Waals surface area contributed by atoms with Crippen LogP contribution in [0, 0.1) is 0 Å². The van der Waals surface area contributed by atoms with Gasteiger partial charge in [0.05, 0.1) is 23.8 Å². The molecule has 0 radical (unpaired) electrons. The molecular formula is C20H21ClN4O3. The van der Waals surface area contributed by atoms with E-state index in [9.17, 15) is 4.79 Å². The number of ether oxygens (including phenoxy) is 1. The lowest BCUT2D eigenvalue weighted by Gasteiger charge is -2.15. The molecule has 1 aromatic carbocycles. The second-order valence-electron chi connectivity index (χ2n) is 6.95. The highest BCUT2D eigenvalue weighted by Crippen LogP contribution is 2.38. The van der Waals surface area contributed by atoms with Gasteiger partial charge in [-0.05, 0) is 37.1 Å². The standard InChI is InChI=1S/C20H21ClN4O3/c1-25(2)18-7-6-12(20(23-18)27-3)13-8-14-15(10-22-17(14)9-16(13)21)19(26)24-28-11-4-5-11/h6-11,22H,4-5H2,1-3H3,(H,24,26). The molecule has 0 aliphatic heterocycles. The Bertz CT molecular complexity index is 1040. The minimum Gasteiger partial charge on any atom is -0.480 e. The lowest BCUT2D eigenvalue weighted by Crippen LogP contribution is -2.24. The molecule has 2 N–H and O–H groups in total. The highest BCUT2D eigenvalue weighted by molar-refractivity contribution is 6.34. The first-order chi connectivity index (χ1) is 13.5. The fraction of sp³-hybridized carbons (Fsp3) is 0.300. The minimum atomic E-state index is -0.292. The van der Waals surface area contributed by atoms with E-state index < -0.39 is 0 Å². The fourth-order valence-corrected chi connectivity index (χ4v) is 3.22. The maximum absolute atomic E-state index is 12.5. The Morgan fingerprint density at radius 3 is 2.75 bits per heavy atom. The molecular weight excluding hydrogens is 380 g/mol. The third-order valence-corrected chi connectivity index (χ3v) is 4.96. The molecule has 28 heavy (non-hydrogen) atoms. The number of nitrogens with one attached hydrogen (secondary N) is 2. The van der Waals surface area contributed by atoms with Crippen LogP contribution in [0.5, 0.6) is 5.88 Å². The quantitative estimate of drug-likeness (QED) is 0.615. The average molecular weight is 401 g/mol. The number of anilines is 1. The van der Waals surface area contributed by atoms with Crippen LogP contribution in [-0.4, -0.2) is 43.2 Å². The maximum atomic E-state index is 12.5. The van der Waals surface area contributed by atoms with Crippen molar-refractivity contribution >= 4 is 34.2 Å². The van der Waals surface area contributed by atoms with Gasteiger partial charge in [0.15, 0.2) is 0 Å². The highest BCUT2D eigenvalue weighted by Gasteiger charge is 2.25. The van der Waals surface area contributed by atoms with Gasteiger partial charge in [-0.1, -0.05) is 11.6 Å². The van der Waals surface area contributed by atoms with E-state index in [-0.39, 0.29) is 12.0 Å². The van der Waals surface area contributed by atoms with Gasteiger partial charge in [-0.15, -0.1) is 0 Å². The number of fused-ring (bicyclic) bond motifs is 1. The van der Waals surface area contributed by atoms with E-state index in [1.54, 1.807) is 19.4 Å². The number of carbonyl (C=O) groups is 1. The van der Waals surface area contributed by atoms with Gasteiger partial charge >= 0.3 is 0 Å². The molecule has 1 saturated carbocycles. The topological polar surface area (TPSA) is 79.5 Å². The first kappa shape index (κ1) is 18.6. The van der Waals surface area contributed by atoms with Gasteiger partial charge < -0.3 is 14.6 Å². The molecule has 0 atom stereocenters. The summed E-state index contributed by atoms with van der Waals surface area (Å²) in [6.07, 6.45) is 3.73. The summed E-state index contributed by atoms with van der Waals surface area (Å²) in [5, 5.41) is 1.28. The molecule has 8 heteroatoms. The fourth-order valence-electron chi connectivity index (χ4n) is 2.96. The van der Waals surface area contributed by atoms with Crippen LogP contribution in [0.1, 0.15) is 23.2 Å². The van der Waals surface area contributed by atoms with E-state index in [4.69, 9.17) is 21.2 Å². The van der Waals surface area contributed by atoms with Gasteiger partial charge in [-0.2, -0.15) is 4.98 Å². The number of hydrogen-bond donors (Lipinski definition) is 2. The van der Waals surface area contributed by atoms with Gasteiger partial charge in [0.25, 0.3) is 5.91 Å². The summed E-state index contributed by atoms with van der Waals surface area (Å²) in [5.41, 5.74) is 5.27. The van der Waals surface area contributed by atoms with Gasteiger partial charge in [0, 0.05) is 42.3 Å². The SMILES string of the molecule is COc1nc(N(C)C)ccc1-c1cc2c(C(=O)NOC3CC3)c[nH]c2cc1Cl. The van der Waals surface area contributed by atoms with Crippen LogP contribution in [0.2, 0.25) is 5.02 Å². The van der Waals surface area contributed by atoms with Crippen LogP contribution >= 0.6 is 11.6 Å². The first-order valence-corrected chi connectivity index (χ1v) is 9.35. The lowest BCUT2D eigenvalue weighted by atomic mass is 10.0. The summed E-state index contributed by atoms with van der Waals surface area (Å²) in [5.74, 6) is 0.947. The summed E-state index contributed by atoms with van der Waals surface area (Å²) >= 11 is 6.53. The van der Waals surface area contributed by atoms with Crippen molar-refractivity contribution in [1.29, 1.82) is 0 Å². The molecule has 2 heterocycles. The number of H-pyrrole nitrogens is 1. The monoisotopic (exact) mass is 400 g/mol. The van der Waals surface area contributed by atoms with Crippen LogP contribution < -0.4 is 15.1 Å². The lowest BCUT2D eigenvalue weighted by molar-refractivity contribution is 0.0230. The number of aromatic nitrogens is 2. The molecule has 1 fully saturated rings.